The number of benzene rings is 3. The highest BCUT2D eigenvalue weighted by Gasteiger charge is 2.36. The quantitative estimate of drug-likeness (QED) is 0.240. The second-order valence-corrected chi connectivity index (χ2v) is 10.8. The third kappa shape index (κ3) is 4.22. The lowest BCUT2D eigenvalue weighted by Gasteiger charge is -2.26. The molecule has 0 spiro atoms. The van der Waals surface area contributed by atoms with Gasteiger partial charge in [-0.1, -0.05) is 18.2 Å². The summed E-state index contributed by atoms with van der Waals surface area (Å²) in [6.07, 6.45) is 3.13. The zero-order valence-corrected chi connectivity index (χ0v) is 22.9. The molecule has 39 heavy (non-hydrogen) atoms. The van der Waals surface area contributed by atoms with Crippen molar-refractivity contribution in [2.75, 3.05) is 32.7 Å². The van der Waals surface area contributed by atoms with Crippen molar-refractivity contribution >= 4 is 27.6 Å². The molecule has 0 aliphatic carbocycles. The third-order valence-electron chi connectivity index (χ3n) is 6.73. The minimum absolute atomic E-state index is 0.199. The third-order valence-corrected chi connectivity index (χ3v) is 8.54. The molecule has 9 nitrogen and oxygen atoms in total. The lowest BCUT2D eigenvalue weighted by molar-refractivity contribution is 0.104. The van der Waals surface area contributed by atoms with Gasteiger partial charge in [-0.3, -0.25) is 9.10 Å². The van der Waals surface area contributed by atoms with Gasteiger partial charge in [0, 0.05) is 23.7 Å². The van der Waals surface area contributed by atoms with Crippen molar-refractivity contribution < 1.29 is 27.4 Å². The number of ether oxygens (including phenoxy) is 3. The maximum Gasteiger partial charge on any atom is 0.264 e. The maximum absolute atomic E-state index is 13.1. The van der Waals surface area contributed by atoms with E-state index in [1.165, 1.54) is 31.6 Å². The molecule has 200 valence electrons. The Morgan fingerprint density at radius 3 is 2.26 bits per heavy atom. The van der Waals surface area contributed by atoms with Crippen LogP contribution in [0.2, 0.25) is 0 Å². The predicted molar refractivity (Wildman–Crippen MR) is 149 cm³/mol. The summed E-state index contributed by atoms with van der Waals surface area (Å²) >= 11 is 0. The van der Waals surface area contributed by atoms with Crippen LogP contribution in [0, 0.1) is 6.92 Å². The Bertz CT molecular complexity index is 1720. The Balaban J connectivity index is 1.45. The van der Waals surface area contributed by atoms with Crippen LogP contribution < -0.4 is 18.5 Å². The Labute approximate surface area is 226 Å². The topological polar surface area (TPSA) is 100.0 Å². The van der Waals surface area contributed by atoms with Crippen LogP contribution in [0.3, 0.4) is 0 Å². The molecule has 3 aromatic carbocycles. The van der Waals surface area contributed by atoms with E-state index in [4.69, 9.17) is 19.3 Å². The van der Waals surface area contributed by atoms with Gasteiger partial charge >= 0.3 is 0 Å². The molecule has 5 rings (SSSR count). The van der Waals surface area contributed by atoms with E-state index in [-0.39, 0.29) is 10.7 Å². The van der Waals surface area contributed by atoms with Gasteiger partial charge in [0.25, 0.3) is 10.0 Å². The van der Waals surface area contributed by atoms with Gasteiger partial charge in [0.15, 0.2) is 17.3 Å². The molecule has 10 heteroatoms. The number of anilines is 1. The molecule has 0 N–H and O–H groups in total. The molecule has 0 atom stereocenters. The molecule has 0 amide bonds. The number of sulfonamides is 1. The van der Waals surface area contributed by atoms with Crippen molar-refractivity contribution in [3.8, 4) is 34.2 Å². The van der Waals surface area contributed by atoms with Crippen molar-refractivity contribution in [3.63, 3.8) is 0 Å². The summed E-state index contributed by atoms with van der Waals surface area (Å²) in [5, 5.41) is 4.75. The smallest absolute Gasteiger partial charge is 0.264 e. The van der Waals surface area contributed by atoms with Gasteiger partial charge in [-0.15, -0.1) is 0 Å². The minimum Gasteiger partial charge on any atom is -0.493 e. The fourth-order valence-corrected chi connectivity index (χ4v) is 6.19. The molecule has 0 saturated heterocycles. The van der Waals surface area contributed by atoms with Crippen molar-refractivity contribution in [3.05, 3.63) is 83.6 Å². The van der Waals surface area contributed by atoms with E-state index >= 15 is 0 Å². The Morgan fingerprint density at radius 1 is 0.897 bits per heavy atom. The van der Waals surface area contributed by atoms with Crippen LogP contribution in [0.15, 0.2) is 71.6 Å². The standard InChI is InChI=1S/C29H27N3O6S/c1-18-27-26(22-8-6-7-9-25(22)39(34,35)31(27)2)30-32(18)21-14-10-19(11-15-21)23(33)16-12-20-13-17-24(36-3)29(38-5)28(20)37-4/h6-17H,1-5H3/b16-12+. The van der Waals surface area contributed by atoms with E-state index in [2.05, 4.69) is 0 Å². The molecule has 0 radical (unpaired) electrons. The largest absolute Gasteiger partial charge is 0.493 e. The zero-order valence-electron chi connectivity index (χ0n) is 22.1. The first kappa shape index (κ1) is 26.1. The van der Waals surface area contributed by atoms with Gasteiger partial charge in [-0.05, 0) is 61.5 Å². The molecule has 1 aromatic heterocycles. The molecule has 2 heterocycles. The summed E-state index contributed by atoms with van der Waals surface area (Å²) in [4.78, 5) is 13.2. The normalized spacial score (nSPS) is 13.6. The number of carbonyl (C=O) groups excluding carboxylic acids is 1. The van der Waals surface area contributed by atoms with Gasteiger partial charge in [0.2, 0.25) is 5.75 Å². The number of aromatic nitrogens is 2. The van der Waals surface area contributed by atoms with E-state index in [1.54, 1.807) is 78.5 Å². The summed E-state index contributed by atoms with van der Waals surface area (Å²) in [6.45, 7) is 1.82. The molecule has 1 aliphatic heterocycles. The van der Waals surface area contributed by atoms with Crippen LogP contribution in [0.5, 0.6) is 17.2 Å². The van der Waals surface area contributed by atoms with Crippen LogP contribution >= 0.6 is 0 Å². The highest BCUT2D eigenvalue weighted by atomic mass is 32.2. The van der Waals surface area contributed by atoms with Crippen LogP contribution in [0.1, 0.15) is 21.6 Å². The summed E-state index contributed by atoms with van der Waals surface area (Å²) in [7, 11) is 2.44. The maximum atomic E-state index is 13.1. The number of allylic oxidation sites excluding steroid dienone is 1. The first-order valence-electron chi connectivity index (χ1n) is 12.0. The van der Waals surface area contributed by atoms with E-state index in [0.29, 0.717) is 56.7 Å². The Morgan fingerprint density at radius 2 is 1.59 bits per heavy atom. The van der Waals surface area contributed by atoms with Gasteiger partial charge in [0.1, 0.15) is 11.4 Å². The first-order valence-corrected chi connectivity index (χ1v) is 13.5. The van der Waals surface area contributed by atoms with Crippen molar-refractivity contribution in [2.45, 2.75) is 11.8 Å². The molecule has 0 unspecified atom stereocenters. The SMILES string of the molecule is COc1ccc(/C=C/C(=O)c2ccc(-n3nc4c(c3C)N(C)S(=O)(=O)c3ccccc3-4)cc2)c(OC)c1OC. The summed E-state index contributed by atoms with van der Waals surface area (Å²) < 4.78 is 45.3. The van der Waals surface area contributed by atoms with Crippen LogP contribution in [0.25, 0.3) is 23.0 Å². The first-order chi connectivity index (χ1) is 18.7. The van der Waals surface area contributed by atoms with E-state index in [1.807, 2.05) is 6.92 Å². The number of hydrogen-bond acceptors (Lipinski definition) is 7. The number of fused-ring (bicyclic) bond motifs is 3. The second-order valence-electron chi connectivity index (χ2n) is 8.83. The second kappa shape index (κ2) is 9.95. The fourth-order valence-electron chi connectivity index (χ4n) is 4.74. The predicted octanol–water partition coefficient (Wildman–Crippen LogP) is 4.91. The van der Waals surface area contributed by atoms with E-state index in [9.17, 15) is 13.2 Å². The monoisotopic (exact) mass is 545 g/mol. The van der Waals surface area contributed by atoms with E-state index < -0.39 is 10.0 Å². The lowest BCUT2D eigenvalue weighted by Crippen LogP contribution is -2.30. The summed E-state index contributed by atoms with van der Waals surface area (Å²) in [6, 6.07) is 17.4. The van der Waals surface area contributed by atoms with Gasteiger partial charge < -0.3 is 14.2 Å². The van der Waals surface area contributed by atoms with Crippen molar-refractivity contribution in [2.24, 2.45) is 0 Å². The van der Waals surface area contributed by atoms with Crippen molar-refractivity contribution in [1.82, 2.24) is 9.78 Å². The summed E-state index contributed by atoms with van der Waals surface area (Å²) in [5.74, 6) is 1.23. The number of nitrogens with zero attached hydrogens (tertiary/aromatic N) is 3. The average Bonchev–Trinajstić information content (AvgIpc) is 3.31. The Hall–Kier alpha value is -4.57. The average molecular weight is 546 g/mol. The highest BCUT2D eigenvalue weighted by molar-refractivity contribution is 7.93. The van der Waals surface area contributed by atoms with Crippen LogP contribution in [-0.4, -0.2) is 52.4 Å². The van der Waals surface area contributed by atoms with Crippen LogP contribution in [-0.2, 0) is 10.0 Å². The molecular weight excluding hydrogens is 518 g/mol. The van der Waals surface area contributed by atoms with E-state index in [0.717, 1.165) is 0 Å². The molecule has 1 aliphatic rings. The molecular formula is C29H27N3O6S. The number of hydrogen-bond donors (Lipinski definition) is 0. The molecule has 4 aromatic rings. The van der Waals surface area contributed by atoms with Crippen molar-refractivity contribution in [1.29, 1.82) is 0 Å². The van der Waals surface area contributed by atoms with Gasteiger partial charge in [-0.25, -0.2) is 13.1 Å². The number of methoxy groups -OCH3 is 3. The van der Waals surface area contributed by atoms with Gasteiger partial charge in [0.05, 0.1) is 37.6 Å². The molecule has 0 fully saturated rings. The zero-order chi connectivity index (χ0) is 27.9. The lowest BCUT2D eigenvalue weighted by atomic mass is 10.1. The number of rotatable bonds is 7. The summed E-state index contributed by atoms with van der Waals surface area (Å²) in [5.41, 5.74) is 4.20. The number of carbonyl (C=O) groups is 1. The Kier molecular flexibility index (Phi) is 6.65. The molecule has 0 bridgehead atoms. The van der Waals surface area contributed by atoms with Gasteiger partial charge in [-0.2, -0.15) is 5.10 Å². The molecule has 0 saturated carbocycles. The van der Waals surface area contributed by atoms with Crippen LogP contribution in [0.4, 0.5) is 5.69 Å². The highest BCUT2D eigenvalue weighted by Crippen LogP contribution is 2.44. The fraction of sp³-hybridized carbons (Fsp3) is 0.172. The minimum atomic E-state index is -3.68. The number of ketones is 1.